The number of hydrogen-bond acceptors (Lipinski definition) is 1. The van der Waals surface area contributed by atoms with Gasteiger partial charge in [0.15, 0.2) is 0 Å². The minimum Gasteiger partial charge on any atom is -0.496 e. The molecule has 0 fully saturated rings. The molecule has 2 aromatic carbocycles. The molecule has 1 N–H and O–H groups in total. The molecule has 1 heterocycles. The molecule has 2 atom stereocenters. The Hall–Kier alpha value is -1.80. The molecule has 1 aliphatic carbocycles. The average Bonchev–Trinajstić information content (AvgIpc) is 2.50. The molecule has 2 nitrogen and oxygen atoms in total. The predicted octanol–water partition coefficient (Wildman–Crippen LogP) is 2.03. The number of likely N-dealkylation sites (N-methyl/N-ethyl adjacent to an activating group) is 1. The molecule has 2 aromatic rings. The van der Waals surface area contributed by atoms with Gasteiger partial charge in [-0.1, -0.05) is 30.3 Å². The smallest absolute Gasteiger partial charge is 0.126 e. The van der Waals surface area contributed by atoms with Crippen molar-refractivity contribution in [2.45, 2.75) is 18.9 Å². The Morgan fingerprint density at radius 1 is 1.10 bits per heavy atom. The fraction of sp³-hybridized carbons (Fsp3) is 0.333. The molecule has 20 heavy (non-hydrogen) atoms. The summed E-state index contributed by atoms with van der Waals surface area (Å²) in [6, 6.07) is 13.8. The van der Waals surface area contributed by atoms with Crippen LogP contribution in [-0.2, 0) is 12.8 Å². The summed E-state index contributed by atoms with van der Waals surface area (Å²) in [6.45, 7) is 1.24. The Morgan fingerprint density at radius 2 is 1.90 bits per heavy atom. The van der Waals surface area contributed by atoms with Gasteiger partial charge in [0.25, 0.3) is 0 Å². The van der Waals surface area contributed by atoms with Gasteiger partial charge >= 0.3 is 0 Å². The number of rotatable bonds is 1. The average molecular weight is 266 g/mol. The third-order valence-electron chi connectivity index (χ3n) is 4.95. The van der Waals surface area contributed by atoms with Gasteiger partial charge in [-0.25, -0.2) is 0 Å². The van der Waals surface area contributed by atoms with E-state index in [4.69, 9.17) is 4.74 Å². The van der Waals surface area contributed by atoms with E-state index in [1.54, 1.807) is 17.6 Å². The maximum absolute atomic E-state index is 5.62. The SMILES string of the molecule is COc1cccc2c1-c1cccc3c1C(C2)[NH+](C)CC3. The second kappa shape index (κ2) is 4.35. The van der Waals surface area contributed by atoms with E-state index in [1.165, 1.54) is 35.2 Å². The second-order valence-corrected chi connectivity index (χ2v) is 5.98. The first-order chi connectivity index (χ1) is 9.79. The topological polar surface area (TPSA) is 13.7 Å². The summed E-state index contributed by atoms with van der Waals surface area (Å²) < 4.78 is 5.62. The number of nitrogens with one attached hydrogen (secondary N) is 1. The predicted molar refractivity (Wildman–Crippen MR) is 80.3 cm³/mol. The van der Waals surface area contributed by atoms with Gasteiger partial charge < -0.3 is 9.64 Å². The number of ether oxygens (including phenoxy) is 1. The first kappa shape index (κ1) is 12.0. The Balaban J connectivity index is 2.03. The fourth-order valence-electron chi connectivity index (χ4n) is 3.93. The molecule has 2 aliphatic rings. The van der Waals surface area contributed by atoms with Crippen LogP contribution in [0.4, 0.5) is 0 Å². The lowest BCUT2D eigenvalue weighted by atomic mass is 9.77. The second-order valence-electron chi connectivity index (χ2n) is 5.98. The first-order valence-corrected chi connectivity index (χ1v) is 7.40. The van der Waals surface area contributed by atoms with Crippen LogP contribution in [0.15, 0.2) is 36.4 Å². The number of methoxy groups -OCH3 is 1. The summed E-state index contributed by atoms with van der Waals surface area (Å²) in [5.74, 6) is 1.01. The molecule has 0 aromatic heterocycles. The molecule has 0 amide bonds. The van der Waals surface area contributed by atoms with Crippen LogP contribution in [0.25, 0.3) is 11.1 Å². The van der Waals surface area contributed by atoms with Crippen LogP contribution in [0.1, 0.15) is 22.7 Å². The van der Waals surface area contributed by atoms with E-state index in [0.717, 1.165) is 12.2 Å². The summed E-state index contributed by atoms with van der Waals surface area (Å²) in [6.07, 6.45) is 2.32. The Bertz CT molecular complexity index is 677. The van der Waals surface area contributed by atoms with E-state index in [-0.39, 0.29) is 0 Å². The van der Waals surface area contributed by atoms with E-state index in [9.17, 15) is 0 Å². The van der Waals surface area contributed by atoms with Crippen molar-refractivity contribution in [1.29, 1.82) is 0 Å². The van der Waals surface area contributed by atoms with Crippen LogP contribution < -0.4 is 9.64 Å². The summed E-state index contributed by atoms with van der Waals surface area (Å²) in [5.41, 5.74) is 7.24. The largest absolute Gasteiger partial charge is 0.496 e. The zero-order chi connectivity index (χ0) is 13.7. The highest BCUT2D eigenvalue weighted by Crippen LogP contribution is 2.44. The van der Waals surface area contributed by atoms with Gasteiger partial charge in [-0.15, -0.1) is 0 Å². The van der Waals surface area contributed by atoms with Crippen LogP contribution in [0, 0.1) is 0 Å². The lowest BCUT2D eigenvalue weighted by Crippen LogP contribution is -3.10. The molecular formula is C18H20NO+. The van der Waals surface area contributed by atoms with Crippen molar-refractivity contribution in [2.75, 3.05) is 20.7 Å². The number of fused-ring (bicyclic) bond motifs is 2. The van der Waals surface area contributed by atoms with Crippen LogP contribution in [0.3, 0.4) is 0 Å². The highest BCUT2D eigenvalue weighted by atomic mass is 16.5. The summed E-state index contributed by atoms with van der Waals surface area (Å²) >= 11 is 0. The summed E-state index contributed by atoms with van der Waals surface area (Å²) in [7, 11) is 4.10. The third kappa shape index (κ3) is 1.55. The minimum absolute atomic E-state index is 0.606. The van der Waals surface area contributed by atoms with Crippen LogP contribution in [-0.4, -0.2) is 20.7 Å². The lowest BCUT2D eigenvalue weighted by Gasteiger charge is -2.37. The molecule has 0 saturated carbocycles. The van der Waals surface area contributed by atoms with Crippen molar-refractivity contribution in [3.8, 4) is 16.9 Å². The maximum Gasteiger partial charge on any atom is 0.126 e. The van der Waals surface area contributed by atoms with Crippen LogP contribution in [0.2, 0.25) is 0 Å². The molecule has 4 rings (SSSR count). The monoisotopic (exact) mass is 266 g/mol. The summed E-state index contributed by atoms with van der Waals surface area (Å²) in [5, 5.41) is 0. The van der Waals surface area contributed by atoms with Crippen LogP contribution in [0.5, 0.6) is 5.75 Å². The van der Waals surface area contributed by atoms with Crippen molar-refractivity contribution in [3.05, 3.63) is 53.1 Å². The Kier molecular flexibility index (Phi) is 2.61. The Labute approximate surface area is 120 Å². The Morgan fingerprint density at radius 3 is 2.75 bits per heavy atom. The molecule has 2 heteroatoms. The van der Waals surface area contributed by atoms with Gasteiger partial charge in [-0.05, 0) is 22.8 Å². The highest BCUT2D eigenvalue weighted by Gasteiger charge is 2.36. The van der Waals surface area contributed by atoms with Gasteiger partial charge in [0.05, 0.1) is 20.7 Å². The van der Waals surface area contributed by atoms with Crippen molar-refractivity contribution < 1.29 is 9.64 Å². The molecule has 0 bridgehead atoms. The zero-order valence-electron chi connectivity index (χ0n) is 12.1. The lowest BCUT2D eigenvalue weighted by molar-refractivity contribution is -0.914. The molecule has 2 unspecified atom stereocenters. The molecule has 0 saturated heterocycles. The van der Waals surface area contributed by atoms with Gasteiger partial charge in [0.1, 0.15) is 11.8 Å². The standard InChI is InChI=1S/C18H19NO/c1-19-10-9-12-5-3-7-14-17(12)15(19)11-13-6-4-8-16(20-2)18(13)14/h3-8,15H,9-11H2,1-2H3/p+1. The van der Waals surface area contributed by atoms with E-state index in [1.807, 2.05) is 0 Å². The van der Waals surface area contributed by atoms with Gasteiger partial charge in [0.2, 0.25) is 0 Å². The van der Waals surface area contributed by atoms with Crippen molar-refractivity contribution in [2.24, 2.45) is 0 Å². The van der Waals surface area contributed by atoms with E-state index in [2.05, 4.69) is 43.4 Å². The van der Waals surface area contributed by atoms with Gasteiger partial charge in [0, 0.05) is 24.0 Å². The van der Waals surface area contributed by atoms with Crippen molar-refractivity contribution >= 4 is 0 Å². The summed E-state index contributed by atoms with van der Waals surface area (Å²) in [4.78, 5) is 1.64. The first-order valence-electron chi connectivity index (χ1n) is 7.40. The quantitative estimate of drug-likeness (QED) is 0.834. The van der Waals surface area contributed by atoms with Gasteiger partial charge in [-0.3, -0.25) is 0 Å². The maximum atomic E-state index is 5.62. The number of quaternary nitrogens is 1. The minimum atomic E-state index is 0.606. The van der Waals surface area contributed by atoms with E-state index >= 15 is 0 Å². The number of benzene rings is 2. The van der Waals surface area contributed by atoms with Crippen molar-refractivity contribution in [1.82, 2.24) is 0 Å². The van der Waals surface area contributed by atoms with Gasteiger partial charge in [-0.2, -0.15) is 0 Å². The zero-order valence-corrected chi connectivity index (χ0v) is 12.1. The molecule has 102 valence electrons. The molecule has 0 spiro atoms. The highest BCUT2D eigenvalue weighted by molar-refractivity contribution is 5.80. The normalized spacial score (nSPS) is 22.9. The third-order valence-corrected chi connectivity index (χ3v) is 4.95. The van der Waals surface area contributed by atoms with Crippen molar-refractivity contribution in [3.63, 3.8) is 0 Å². The molecular weight excluding hydrogens is 246 g/mol. The molecule has 0 radical (unpaired) electrons. The van der Waals surface area contributed by atoms with E-state index in [0.29, 0.717) is 6.04 Å². The molecule has 1 aliphatic heterocycles. The van der Waals surface area contributed by atoms with E-state index < -0.39 is 0 Å². The fourth-order valence-corrected chi connectivity index (χ4v) is 3.93. The number of hydrogen-bond donors (Lipinski definition) is 1. The van der Waals surface area contributed by atoms with Crippen LogP contribution >= 0.6 is 0 Å².